The predicted octanol–water partition coefficient (Wildman–Crippen LogP) is -0.244. The number of ether oxygens (including phenoxy) is 1. The number of aromatic nitrogens is 2. The average molecular weight is 321 g/mol. The van der Waals surface area contributed by atoms with Gasteiger partial charge < -0.3 is 20.3 Å². The molecule has 2 aromatic rings. The smallest absolute Gasteiger partial charge is 0.333 e. The summed E-state index contributed by atoms with van der Waals surface area (Å²) in [6.07, 6.45) is 0. The summed E-state index contributed by atoms with van der Waals surface area (Å²) < 4.78 is 6.41. The van der Waals surface area contributed by atoms with Gasteiger partial charge in [0.1, 0.15) is 0 Å². The van der Waals surface area contributed by atoms with E-state index in [1.165, 1.54) is 39.4 Å². The van der Waals surface area contributed by atoms with Crippen LogP contribution in [0.15, 0.2) is 27.8 Å². The Balaban J connectivity index is 2.47. The quantitative estimate of drug-likeness (QED) is 0.670. The number of carbonyl (C=O) groups is 1. The van der Waals surface area contributed by atoms with E-state index in [-0.39, 0.29) is 17.2 Å². The molecule has 0 unspecified atom stereocenters. The fraction of sp³-hybridized carbons (Fsp3) is 0.214. The number of hydrogen-bond donors (Lipinski definition) is 3. The number of hydrogen-bond acceptors (Lipinski definition) is 6. The number of nitrogens with one attached hydrogen (secondary N) is 1. The molecule has 1 aromatic carbocycles. The minimum atomic E-state index is -0.922. The summed E-state index contributed by atoms with van der Waals surface area (Å²) in [5.41, 5.74) is -2.01. The van der Waals surface area contributed by atoms with Crippen molar-refractivity contribution >= 4 is 11.6 Å². The van der Waals surface area contributed by atoms with Crippen LogP contribution in [0.1, 0.15) is 10.4 Å². The fourth-order valence-electron chi connectivity index (χ4n) is 1.98. The first-order valence-electron chi connectivity index (χ1n) is 6.45. The Hall–Kier alpha value is -3.23. The third-order valence-electron chi connectivity index (χ3n) is 3.30. The molecule has 9 nitrogen and oxygen atoms in total. The van der Waals surface area contributed by atoms with Gasteiger partial charge in [-0.25, -0.2) is 4.79 Å². The van der Waals surface area contributed by atoms with E-state index in [0.29, 0.717) is 4.57 Å². The van der Waals surface area contributed by atoms with E-state index in [0.717, 1.165) is 4.57 Å². The molecule has 1 amide bonds. The number of phenols is 1. The van der Waals surface area contributed by atoms with Crippen molar-refractivity contribution in [3.63, 3.8) is 0 Å². The van der Waals surface area contributed by atoms with Crippen LogP contribution in [0.4, 0.5) is 5.69 Å². The molecule has 0 spiro atoms. The Labute approximate surface area is 130 Å². The molecule has 0 atom stereocenters. The lowest BCUT2D eigenvalue weighted by Crippen LogP contribution is -2.40. The first-order chi connectivity index (χ1) is 10.8. The largest absolute Gasteiger partial charge is 0.504 e. The van der Waals surface area contributed by atoms with Gasteiger partial charge in [-0.05, 0) is 12.1 Å². The number of methoxy groups -OCH3 is 1. The second kappa shape index (κ2) is 5.87. The van der Waals surface area contributed by atoms with Gasteiger partial charge in [-0.15, -0.1) is 0 Å². The van der Waals surface area contributed by atoms with Crippen LogP contribution in [0.3, 0.4) is 0 Å². The topological polar surface area (TPSA) is 123 Å². The lowest BCUT2D eigenvalue weighted by Gasteiger charge is -2.11. The summed E-state index contributed by atoms with van der Waals surface area (Å²) in [5, 5.41) is 21.8. The van der Waals surface area contributed by atoms with Gasteiger partial charge in [-0.2, -0.15) is 0 Å². The maximum absolute atomic E-state index is 12.3. The first-order valence-corrected chi connectivity index (χ1v) is 6.45. The molecule has 0 aliphatic carbocycles. The highest BCUT2D eigenvalue weighted by Crippen LogP contribution is 2.28. The molecule has 3 N–H and O–H groups in total. The van der Waals surface area contributed by atoms with Crippen LogP contribution in [0.2, 0.25) is 0 Å². The maximum atomic E-state index is 12.3. The third-order valence-corrected chi connectivity index (χ3v) is 3.30. The number of anilines is 1. The highest BCUT2D eigenvalue weighted by atomic mass is 16.5. The first kappa shape index (κ1) is 16.1. The minimum Gasteiger partial charge on any atom is -0.504 e. The molecular formula is C14H15N3O6. The Kier molecular flexibility index (Phi) is 4.12. The summed E-state index contributed by atoms with van der Waals surface area (Å²) >= 11 is 0. The lowest BCUT2D eigenvalue weighted by atomic mass is 10.2. The van der Waals surface area contributed by atoms with Crippen molar-refractivity contribution in [1.29, 1.82) is 0 Å². The van der Waals surface area contributed by atoms with E-state index in [2.05, 4.69) is 5.32 Å². The van der Waals surface area contributed by atoms with E-state index < -0.39 is 28.6 Å². The number of rotatable bonds is 3. The summed E-state index contributed by atoms with van der Waals surface area (Å²) in [5.74, 6) is -1.63. The van der Waals surface area contributed by atoms with Gasteiger partial charge in [-0.1, -0.05) is 0 Å². The number of carbonyl (C=O) groups excluding carboxylic acids is 1. The SMILES string of the molecule is COc1cc(NC(=O)c2c(O)n(C)c(=O)n(C)c2=O)ccc1O. The molecule has 0 saturated heterocycles. The summed E-state index contributed by atoms with van der Waals surface area (Å²) in [7, 11) is 3.77. The monoisotopic (exact) mass is 321 g/mol. The van der Waals surface area contributed by atoms with Crippen molar-refractivity contribution in [3.8, 4) is 17.4 Å². The standard InChI is InChI=1S/C14H15N3O6/c1-16-12(20)10(13(21)17(2)14(16)22)11(19)15-7-4-5-8(18)9(6-7)23-3/h4-6,18,20H,1-3H3,(H,15,19). The van der Waals surface area contributed by atoms with Crippen LogP contribution in [0, 0.1) is 0 Å². The predicted molar refractivity (Wildman–Crippen MR) is 81.2 cm³/mol. The molecular weight excluding hydrogens is 306 g/mol. The molecule has 2 rings (SSSR count). The molecule has 0 saturated carbocycles. The number of aromatic hydroxyl groups is 2. The number of amides is 1. The zero-order valence-corrected chi connectivity index (χ0v) is 12.7. The molecule has 23 heavy (non-hydrogen) atoms. The number of phenolic OH excluding ortho intramolecular Hbond substituents is 1. The maximum Gasteiger partial charge on any atom is 0.333 e. The second-order valence-corrected chi connectivity index (χ2v) is 4.75. The normalized spacial score (nSPS) is 10.4. The van der Waals surface area contributed by atoms with E-state index in [4.69, 9.17) is 4.74 Å². The van der Waals surface area contributed by atoms with E-state index in [9.17, 15) is 24.6 Å². The molecule has 0 fully saturated rings. The van der Waals surface area contributed by atoms with E-state index >= 15 is 0 Å². The molecule has 0 aliphatic heterocycles. The zero-order chi connectivity index (χ0) is 17.3. The minimum absolute atomic E-state index is 0.119. The Morgan fingerprint density at radius 3 is 2.43 bits per heavy atom. The Morgan fingerprint density at radius 2 is 1.83 bits per heavy atom. The lowest BCUT2D eigenvalue weighted by molar-refractivity contribution is 0.102. The van der Waals surface area contributed by atoms with Crippen molar-refractivity contribution in [2.75, 3.05) is 12.4 Å². The number of nitrogens with zero attached hydrogens (tertiary/aromatic N) is 2. The van der Waals surface area contributed by atoms with Gasteiger partial charge >= 0.3 is 5.69 Å². The van der Waals surface area contributed by atoms with Crippen molar-refractivity contribution in [2.24, 2.45) is 14.1 Å². The van der Waals surface area contributed by atoms with E-state index in [1.54, 1.807) is 0 Å². The molecule has 9 heteroatoms. The van der Waals surface area contributed by atoms with Crippen molar-refractivity contribution in [3.05, 3.63) is 44.6 Å². The Morgan fingerprint density at radius 1 is 1.17 bits per heavy atom. The molecule has 0 aliphatic rings. The van der Waals surface area contributed by atoms with Crippen molar-refractivity contribution < 1.29 is 19.7 Å². The molecule has 1 heterocycles. The van der Waals surface area contributed by atoms with Gasteiger partial charge in [-0.3, -0.25) is 18.7 Å². The molecule has 0 bridgehead atoms. The summed E-state index contributed by atoms with van der Waals surface area (Å²) in [4.78, 5) is 35.9. The van der Waals surface area contributed by atoms with Crippen LogP contribution in [-0.2, 0) is 14.1 Å². The van der Waals surface area contributed by atoms with Gasteiger partial charge in [0.15, 0.2) is 17.1 Å². The van der Waals surface area contributed by atoms with Gasteiger partial charge in [0.2, 0.25) is 5.88 Å². The average Bonchev–Trinajstić information content (AvgIpc) is 2.53. The second-order valence-electron chi connectivity index (χ2n) is 4.75. The van der Waals surface area contributed by atoms with Crippen LogP contribution in [-0.4, -0.2) is 32.4 Å². The highest BCUT2D eigenvalue weighted by molar-refractivity contribution is 6.05. The summed E-state index contributed by atoms with van der Waals surface area (Å²) in [6, 6.07) is 4.03. The Bertz CT molecular complexity index is 897. The fourth-order valence-corrected chi connectivity index (χ4v) is 1.98. The third kappa shape index (κ3) is 2.76. The highest BCUT2D eigenvalue weighted by Gasteiger charge is 2.22. The number of benzene rings is 1. The molecule has 122 valence electrons. The van der Waals surface area contributed by atoms with Crippen molar-refractivity contribution in [1.82, 2.24) is 9.13 Å². The molecule has 0 radical (unpaired) electrons. The van der Waals surface area contributed by atoms with Crippen LogP contribution >= 0.6 is 0 Å². The zero-order valence-electron chi connectivity index (χ0n) is 12.7. The van der Waals surface area contributed by atoms with Crippen LogP contribution in [0.25, 0.3) is 0 Å². The van der Waals surface area contributed by atoms with Gasteiger partial charge in [0.25, 0.3) is 11.5 Å². The van der Waals surface area contributed by atoms with Crippen LogP contribution in [0.5, 0.6) is 17.4 Å². The van der Waals surface area contributed by atoms with Gasteiger partial charge in [0.05, 0.1) is 7.11 Å². The van der Waals surface area contributed by atoms with E-state index in [1.807, 2.05) is 0 Å². The van der Waals surface area contributed by atoms with Crippen molar-refractivity contribution in [2.45, 2.75) is 0 Å². The molecule has 1 aromatic heterocycles. The van der Waals surface area contributed by atoms with Gasteiger partial charge in [0, 0.05) is 25.8 Å². The summed E-state index contributed by atoms with van der Waals surface area (Å²) in [6.45, 7) is 0. The van der Waals surface area contributed by atoms with Crippen LogP contribution < -0.4 is 21.3 Å².